The fraction of sp³-hybridized carbons (Fsp3) is 0.500. The summed E-state index contributed by atoms with van der Waals surface area (Å²) in [5.74, 6) is 0.607. The van der Waals surface area contributed by atoms with Crippen LogP contribution in [0.4, 0.5) is 5.82 Å². The summed E-state index contributed by atoms with van der Waals surface area (Å²) in [5, 5.41) is 3.35. The number of anilines is 1. The van der Waals surface area contributed by atoms with Gasteiger partial charge in [0.1, 0.15) is 17.3 Å². The van der Waals surface area contributed by atoms with E-state index in [9.17, 15) is 8.42 Å². The number of aromatic nitrogens is 2. The summed E-state index contributed by atoms with van der Waals surface area (Å²) in [7, 11) is -3.15. The maximum atomic E-state index is 10.8. The summed E-state index contributed by atoms with van der Waals surface area (Å²) >= 11 is 5.80. The summed E-state index contributed by atoms with van der Waals surface area (Å²) in [6.45, 7) is 2.51. The van der Waals surface area contributed by atoms with Crippen molar-refractivity contribution in [1.29, 1.82) is 0 Å². The van der Waals surface area contributed by atoms with Gasteiger partial charge in [-0.3, -0.25) is 0 Å². The lowest BCUT2D eigenvalue weighted by molar-refractivity contribution is 0.589. The molecular weight excluding hydrogens is 252 g/mol. The van der Waals surface area contributed by atoms with Crippen LogP contribution in [0.3, 0.4) is 0 Å². The molecule has 0 radical (unpaired) electrons. The van der Waals surface area contributed by atoms with Gasteiger partial charge in [0.2, 0.25) is 10.0 Å². The molecule has 1 aromatic heterocycles. The number of hydrogen-bond acceptors (Lipinski definition) is 5. The Morgan fingerprint density at radius 2 is 2.06 bits per heavy atom. The number of hydrogen-bond donors (Lipinski definition) is 2. The average molecular weight is 265 g/mol. The summed E-state index contributed by atoms with van der Waals surface area (Å²) in [6.07, 6.45) is 2.46. The first-order valence-corrected chi connectivity index (χ1v) is 6.82. The molecule has 1 rings (SSSR count). The molecule has 0 saturated carbocycles. The largest absolute Gasteiger partial charge is 0.368 e. The van der Waals surface area contributed by atoms with Crippen LogP contribution in [0, 0.1) is 6.92 Å². The molecule has 8 heteroatoms. The smallest absolute Gasteiger partial charge is 0.208 e. The van der Waals surface area contributed by atoms with Gasteiger partial charge in [0.15, 0.2) is 0 Å². The number of sulfonamides is 1. The number of nitrogens with one attached hydrogen (secondary N) is 2. The second-order valence-electron chi connectivity index (χ2n) is 3.23. The van der Waals surface area contributed by atoms with Gasteiger partial charge < -0.3 is 5.32 Å². The molecule has 0 fully saturated rings. The standard InChI is InChI=1S/C8H13ClN4O2S/c1-6-7(9)11-5-12-8(6)10-3-4-13-16(2,14)15/h5,13H,3-4H2,1-2H3,(H,10,11,12). The summed E-state index contributed by atoms with van der Waals surface area (Å²) in [6, 6.07) is 0. The van der Waals surface area contributed by atoms with Gasteiger partial charge in [-0.15, -0.1) is 0 Å². The van der Waals surface area contributed by atoms with Crippen molar-refractivity contribution in [2.75, 3.05) is 24.7 Å². The molecule has 2 N–H and O–H groups in total. The van der Waals surface area contributed by atoms with Crippen molar-refractivity contribution in [1.82, 2.24) is 14.7 Å². The van der Waals surface area contributed by atoms with Gasteiger partial charge in [-0.05, 0) is 6.92 Å². The first-order chi connectivity index (χ1) is 7.40. The molecule has 0 aliphatic heterocycles. The lowest BCUT2D eigenvalue weighted by Crippen LogP contribution is -2.27. The predicted molar refractivity (Wildman–Crippen MR) is 63.1 cm³/mol. The molecule has 0 aliphatic carbocycles. The minimum Gasteiger partial charge on any atom is -0.368 e. The van der Waals surface area contributed by atoms with Gasteiger partial charge in [-0.2, -0.15) is 0 Å². The third kappa shape index (κ3) is 4.30. The highest BCUT2D eigenvalue weighted by Crippen LogP contribution is 2.17. The molecule has 0 atom stereocenters. The van der Waals surface area contributed by atoms with Crippen molar-refractivity contribution in [3.63, 3.8) is 0 Å². The van der Waals surface area contributed by atoms with Gasteiger partial charge in [-0.25, -0.2) is 23.1 Å². The SMILES string of the molecule is Cc1c(Cl)ncnc1NCCNS(C)(=O)=O. The van der Waals surface area contributed by atoms with E-state index in [4.69, 9.17) is 11.6 Å². The normalized spacial score (nSPS) is 11.4. The molecular formula is C8H13ClN4O2S. The summed E-state index contributed by atoms with van der Waals surface area (Å²) < 4.78 is 23.9. The van der Waals surface area contributed by atoms with Gasteiger partial charge >= 0.3 is 0 Å². The Kier molecular flexibility index (Phi) is 4.45. The Hall–Kier alpha value is -0.920. The monoisotopic (exact) mass is 264 g/mol. The van der Waals surface area contributed by atoms with Crippen LogP contribution in [0.1, 0.15) is 5.56 Å². The van der Waals surface area contributed by atoms with Gasteiger partial charge in [-0.1, -0.05) is 11.6 Å². The van der Waals surface area contributed by atoms with E-state index in [1.807, 2.05) is 0 Å². The third-order valence-electron chi connectivity index (χ3n) is 1.80. The lowest BCUT2D eigenvalue weighted by Gasteiger charge is -2.08. The van der Waals surface area contributed by atoms with Crippen molar-refractivity contribution in [2.45, 2.75) is 6.92 Å². The molecule has 0 bridgehead atoms. The van der Waals surface area contributed by atoms with Crippen LogP contribution < -0.4 is 10.0 Å². The molecule has 0 aromatic carbocycles. The Morgan fingerprint density at radius 1 is 1.38 bits per heavy atom. The number of rotatable bonds is 5. The van der Waals surface area contributed by atoms with E-state index in [2.05, 4.69) is 20.0 Å². The highest BCUT2D eigenvalue weighted by atomic mass is 35.5. The van der Waals surface area contributed by atoms with Crippen molar-refractivity contribution >= 4 is 27.4 Å². The van der Waals surface area contributed by atoms with E-state index in [1.54, 1.807) is 6.92 Å². The van der Waals surface area contributed by atoms with Crippen LogP contribution >= 0.6 is 11.6 Å². The molecule has 0 aliphatic rings. The zero-order valence-electron chi connectivity index (χ0n) is 8.99. The van der Waals surface area contributed by atoms with Crippen LogP contribution in [0.2, 0.25) is 5.15 Å². The fourth-order valence-corrected chi connectivity index (χ4v) is 1.63. The van der Waals surface area contributed by atoms with E-state index < -0.39 is 10.0 Å². The highest BCUT2D eigenvalue weighted by Gasteiger charge is 2.04. The highest BCUT2D eigenvalue weighted by molar-refractivity contribution is 7.88. The molecule has 6 nitrogen and oxygen atoms in total. The van der Waals surface area contributed by atoms with Crippen molar-refractivity contribution in [2.24, 2.45) is 0 Å². The van der Waals surface area contributed by atoms with E-state index in [0.29, 0.717) is 24.1 Å². The Labute approximate surface area is 99.5 Å². The van der Waals surface area contributed by atoms with E-state index in [-0.39, 0.29) is 0 Å². The van der Waals surface area contributed by atoms with Gasteiger partial charge in [0.25, 0.3) is 0 Å². The van der Waals surface area contributed by atoms with Crippen molar-refractivity contribution < 1.29 is 8.42 Å². The van der Waals surface area contributed by atoms with E-state index in [1.165, 1.54) is 6.33 Å². The average Bonchev–Trinajstić information content (AvgIpc) is 2.17. The maximum Gasteiger partial charge on any atom is 0.208 e. The minimum absolute atomic E-state index is 0.292. The van der Waals surface area contributed by atoms with Crippen molar-refractivity contribution in [3.8, 4) is 0 Å². The predicted octanol–water partition coefficient (Wildman–Crippen LogP) is 0.400. The summed E-state index contributed by atoms with van der Waals surface area (Å²) in [5.41, 5.74) is 0.739. The van der Waals surface area contributed by atoms with Gasteiger partial charge in [0, 0.05) is 18.7 Å². The van der Waals surface area contributed by atoms with Crippen LogP contribution in [0.5, 0.6) is 0 Å². The topological polar surface area (TPSA) is 84.0 Å². The molecule has 0 amide bonds. The number of nitrogens with zero attached hydrogens (tertiary/aromatic N) is 2. The third-order valence-corrected chi connectivity index (χ3v) is 2.91. The first-order valence-electron chi connectivity index (χ1n) is 4.56. The van der Waals surface area contributed by atoms with Crippen LogP contribution in [0.25, 0.3) is 0 Å². The summed E-state index contributed by atoms with van der Waals surface area (Å²) in [4.78, 5) is 7.80. The molecule has 0 spiro atoms. The Balaban J connectivity index is 2.47. The molecule has 0 unspecified atom stereocenters. The minimum atomic E-state index is -3.15. The van der Waals surface area contributed by atoms with E-state index in [0.717, 1.165) is 11.8 Å². The fourth-order valence-electron chi connectivity index (χ4n) is 1.02. The Bertz CT molecular complexity index is 463. The Morgan fingerprint density at radius 3 is 2.69 bits per heavy atom. The second kappa shape index (κ2) is 5.42. The van der Waals surface area contributed by atoms with Gasteiger partial charge in [0.05, 0.1) is 6.26 Å². The zero-order valence-corrected chi connectivity index (χ0v) is 10.6. The van der Waals surface area contributed by atoms with Crippen LogP contribution in [-0.2, 0) is 10.0 Å². The molecule has 16 heavy (non-hydrogen) atoms. The molecule has 90 valence electrons. The molecule has 1 aromatic rings. The lowest BCUT2D eigenvalue weighted by atomic mass is 10.3. The first kappa shape index (κ1) is 13.1. The number of halogens is 1. The van der Waals surface area contributed by atoms with Crippen LogP contribution in [0.15, 0.2) is 6.33 Å². The van der Waals surface area contributed by atoms with Crippen LogP contribution in [-0.4, -0.2) is 37.7 Å². The maximum absolute atomic E-state index is 10.8. The zero-order chi connectivity index (χ0) is 12.2. The van der Waals surface area contributed by atoms with Crippen molar-refractivity contribution in [3.05, 3.63) is 17.0 Å². The molecule has 0 saturated heterocycles. The quantitative estimate of drug-likeness (QED) is 0.594. The second-order valence-corrected chi connectivity index (χ2v) is 5.42. The molecule has 1 heterocycles. The van der Waals surface area contributed by atoms with E-state index >= 15 is 0 Å².